The van der Waals surface area contributed by atoms with Gasteiger partial charge in [-0.2, -0.15) is 5.10 Å². The van der Waals surface area contributed by atoms with Crippen LogP contribution in [0.4, 0.5) is 4.39 Å². The summed E-state index contributed by atoms with van der Waals surface area (Å²) >= 11 is 9.70. The summed E-state index contributed by atoms with van der Waals surface area (Å²) in [5, 5.41) is 4.32. The largest absolute Gasteiger partial charge is 0.486 e. The fraction of sp³-hybridized carbons (Fsp3) is 0.300. The number of morpholine rings is 1. The molecule has 0 bridgehead atoms. The first-order valence-corrected chi connectivity index (χ1v) is 10.2. The molecule has 1 saturated heterocycles. The minimum absolute atomic E-state index is 0.0516. The summed E-state index contributed by atoms with van der Waals surface area (Å²) in [6.45, 7) is 3.05. The smallest absolute Gasteiger partial charge is 0.254 e. The quantitative estimate of drug-likeness (QED) is 0.482. The van der Waals surface area contributed by atoms with Gasteiger partial charge >= 0.3 is 0 Å². The van der Waals surface area contributed by atoms with Crippen LogP contribution >= 0.6 is 27.5 Å². The average molecular weight is 485 g/mol. The highest BCUT2D eigenvalue weighted by molar-refractivity contribution is 9.10. The molecule has 2 aromatic carbocycles. The number of carbonyl (C=O) groups excluding carboxylic acids is 1. The van der Waals surface area contributed by atoms with E-state index in [1.165, 1.54) is 12.3 Å². The molecular weight excluding hydrogens is 465 g/mol. The third-order valence-corrected chi connectivity index (χ3v) is 5.09. The maximum Gasteiger partial charge on any atom is 0.254 e. The van der Waals surface area contributed by atoms with Crippen molar-refractivity contribution in [3.8, 4) is 5.75 Å². The van der Waals surface area contributed by atoms with E-state index in [1.807, 2.05) is 4.90 Å². The highest BCUT2D eigenvalue weighted by atomic mass is 79.9. The van der Waals surface area contributed by atoms with Crippen molar-refractivity contribution in [1.29, 1.82) is 0 Å². The summed E-state index contributed by atoms with van der Waals surface area (Å²) in [6.07, 6.45) is 1.49. The molecule has 0 aliphatic carbocycles. The molecule has 1 aliphatic rings. The average Bonchev–Trinajstić information content (AvgIpc) is 2.69. The topological polar surface area (TPSA) is 63.2 Å². The highest BCUT2D eigenvalue weighted by Gasteiger charge is 2.14. The van der Waals surface area contributed by atoms with Gasteiger partial charge in [0, 0.05) is 18.7 Å². The molecule has 6 nitrogen and oxygen atoms in total. The summed E-state index contributed by atoms with van der Waals surface area (Å²) in [4.78, 5) is 13.9. The Morgan fingerprint density at radius 3 is 2.83 bits per heavy atom. The Morgan fingerprint density at radius 2 is 2.10 bits per heavy atom. The van der Waals surface area contributed by atoms with Crippen LogP contribution in [0.3, 0.4) is 0 Å². The zero-order valence-electron chi connectivity index (χ0n) is 15.5. The lowest BCUT2D eigenvalue weighted by Crippen LogP contribution is -2.42. The van der Waals surface area contributed by atoms with E-state index in [0.717, 1.165) is 13.1 Å². The van der Waals surface area contributed by atoms with Crippen LogP contribution in [0.15, 0.2) is 46.0 Å². The Bertz CT molecular complexity index is 868. The van der Waals surface area contributed by atoms with Gasteiger partial charge in [-0.3, -0.25) is 9.69 Å². The summed E-state index contributed by atoms with van der Waals surface area (Å²) in [6, 6.07) is 9.79. The van der Waals surface area contributed by atoms with E-state index in [4.69, 9.17) is 21.1 Å². The maximum atomic E-state index is 13.7. The second-order valence-corrected chi connectivity index (χ2v) is 7.64. The molecule has 3 rings (SSSR count). The number of amides is 1. The van der Waals surface area contributed by atoms with Crippen molar-refractivity contribution >= 4 is 39.7 Å². The zero-order chi connectivity index (χ0) is 20.6. The molecule has 1 amide bonds. The molecule has 0 saturated carbocycles. The second-order valence-electron chi connectivity index (χ2n) is 6.38. The SMILES string of the molecule is O=C(CN1CCOCC1)N/N=C\c1cc(Cl)c(OCc2ccccc2F)c(Br)c1. The van der Waals surface area contributed by atoms with Crippen LogP contribution in [-0.2, 0) is 16.1 Å². The van der Waals surface area contributed by atoms with Crippen molar-refractivity contribution in [2.45, 2.75) is 6.61 Å². The van der Waals surface area contributed by atoms with Gasteiger partial charge in [0.2, 0.25) is 0 Å². The van der Waals surface area contributed by atoms with E-state index < -0.39 is 0 Å². The molecule has 0 radical (unpaired) electrons. The molecule has 9 heteroatoms. The van der Waals surface area contributed by atoms with E-state index in [0.29, 0.717) is 39.6 Å². The number of nitrogens with zero attached hydrogens (tertiary/aromatic N) is 2. The summed E-state index contributed by atoms with van der Waals surface area (Å²) in [5.74, 6) is -0.127. The zero-order valence-corrected chi connectivity index (χ0v) is 17.9. The van der Waals surface area contributed by atoms with Crippen LogP contribution in [0, 0.1) is 5.82 Å². The molecule has 2 aromatic rings. The summed E-state index contributed by atoms with van der Waals surface area (Å²) in [7, 11) is 0. The van der Waals surface area contributed by atoms with E-state index in [9.17, 15) is 9.18 Å². The number of hydrogen-bond donors (Lipinski definition) is 1. The van der Waals surface area contributed by atoms with E-state index in [-0.39, 0.29) is 24.9 Å². The number of rotatable bonds is 7. The Morgan fingerprint density at radius 1 is 1.34 bits per heavy atom. The minimum atomic E-state index is -0.337. The van der Waals surface area contributed by atoms with Crippen molar-refractivity contribution in [2.24, 2.45) is 5.10 Å². The van der Waals surface area contributed by atoms with Crippen LogP contribution < -0.4 is 10.2 Å². The van der Waals surface area contributed by atoms with Gasteiger partial charge in [-0.05, 0) is 39.7 Å². The molecule has 1 fully saturated rings. The lowest BCUT2D eigenvalue weighted by molar-refractivity contribution is -0.123. The first kappa shape index (κ1) is 21.7. The number of nitrogens with one attached hydrogen (secondary N) is 1. The van der Waals surface area contributed by atoms with Gasteiger partial charge in [0.15, 0.2) is 5.75 Å². The van der Waals surface area contributed by atoms with Gasteiger partial charge in [-0.25, -0.2) is 9.82 Å². The van der Waals surface area contributed by atoms with Crippen LogP contribution in [0.1, 0.15) is 11.1 Å². The molecule has 1 N–H and O–H groups in total. The number of benzene rings is 2. The first-order chi connectivity index (χ1) is 14.0. The van der Waals surface area contributed by atoms with Crippen molar-refractivity contribution in [2.75, 3.05) is 32.8 Å². The van der Waals surface area contributed by atoms with Crippen LogP contribution in [0.2, 0.25) is 5.02 Å². The summed E-state index contributed by atoms with van der Waals surface area (Å²) < 4.78 is 25.2. The summed E-state index contributed by atoms with van der Waals surface area (Å²) in [5.41, 5.74) is 3.61. The lowest BCUT2D eigenvalue weighted by atomic mass is 10.2. The Kier molecular flexibility index (Phi) is 8.00. The van der Waals surface area contributed by atoms with Gasteiger partial charge in [0.25, 0.3) is 5.91 Å². The fourth-order valence-electron chi connectivity index (χ4n) is 2.73. The van der Waals surface area contributed by atoms with Gasteiger partial charge in [0.1, 0.15) is 12.4 Å². The number of hydrazone groups is 1. The normalized spacial score (nSPS) is 14.9. The van der Waals surface area contributed by atoms with Crippen molar-refractivity contribution in [3.05, 3.63) is 62.8 Å². The van der Waals surface area contributed by atoms with Crippen LogP contribution in [0.25, 0.3) is 0 Å². The number of hydrogen-bond acceptors (Lipinski definition) is 5. The fourth-order valence-corrected chi connectivity index (χ4v) is 3.72. The van der Waals surface area contributed by atoms with E-state index in [1.54, 1.807) is 30.3 Å². The third kappa shape index (κ3) is 6.50. The van der Waals surface area contributed by atoms with Gasteiger partial charge < -0.3 is 9.47 Å². The molecule has 0 spiro atoms. The van der Waals surface area contributed by atoms with Gasteiger partial charge in [-0.1, -0.05) is 29.8 Å². The predicted octanol–water partition coefficient (Wildman–Crippen LogP) is 3.60. The molecule has 0 atom stereocenters. The Labute approximate surface area is 181 Å². The van der Waals surface area contributed by atoms with Gasteiger partial charge in [0.05, 0.1) is 35.5 Å². The highest BCUT2D eigenvalue weighted by Crippen LogP contribution is 2.34. The van der Waals surface area contributed by atoms with Crippen LogP contribution in [-0.4, -0.2) is 49.9 Å². The van der Waals surface area contributed by atoms with E-state index >= 15 is 0 Å². The van der Waals surface area contributed by atoms with Crippen LogP contribution in [0.5, 0.6) is 5.75 Å². The maximum absolute atomic E-state index is 13.7. The second kappa shape index (κ2) is 10.7. The first-order valence-electron chi connectivity index (χ1n) is 9.00. The number of carbonyl (C=O) groups is 1. The predicted molar refractivity (Wildman–Crippen MR) is 113 cm³/mol. The Hall–Kier alpha value is -2.00. The van der Waals surface area contributed by atoms with Crippen molar-refractivity contribution < 1.29 is 18.7 Å². The Balaban J connectivity index is 1.56. The molecular formula is C20H20BrClFN3O3. The molecule has 1 aliphatic heterocycles. The minimum Gasteiger partial charge on any atom is -0.486 e. The molecule has 1 heterocycles. The van der Waals surface area contributed by atoms with Crippen molar-refractivity contribution in [3.63, 3.8) is 0 Å². The molecule has 154 valence electrons. The lowest BCUT2D eigenvalue weighted by Gasteiger charge is -2.25. The monoisotopic (exact) mass is 483 g/mol. The van der Waals surface area contributed by atoms with Gasteiger partial charge in [-0.15, -0.1) is 0 Å². The number of ether oxygens (including phenoxy) is 2. The molecule has 29 heavy (non-hydrogen) atoms. The third-order valence-electron chi connectivity index (χ3n) is 4.22. The van der Waals surface area contributed by atoms with E-state index in [2.05, 4.69) is 26.5 Å². The standard InChI is InChI=1S/C20H20BrClFN3O3/c21-16-9-14(11-24-25-19(27)12-26-5-7-28-8-6-26)10-17(22)20(16)29-13-15-3-1-2-4-18(15)23/h1-4,9-11H,5-8,12-13H2,(H,25,27)/b24-11-. The number of halogens is 3. The molecule has 0 aromatic heterocycles. The molecule has 0 unspecified atom stereocenters. The van der Waals surface area contributed by atoms with Crippen molar-refractivity contribution in [1.82, 2.24) is 10.3 Å².